The molecule has 3 heterocycles. The number of thioether (sulfide) groups is 2. The molecular weight excluding hydrogens is 558 g/mol. The van der Waals surface area contributed by atoms with Crippen molar-refractivity contribution < 1.29 is 33.8 Å². The molecule has 216 valence electrons. The first-order valence-corrected chi connectivity index (χ1v) is 15.1. The van der Waals surface area contributed by atoms with Crippen molar-refractivity contribution in [2.75, 3.05) is 25.2 Å². The Balaban J connectivity index is 1.42. The molecule has 0 saturated carbocycles. The molecule has 0 radical (unpaired) electrons. The standard InChI is InChI=1S/C26H33N5O7S2/c1-5-9-38-17-8-6-7-15(10-17)11-18(32)27-19-22(33)30-20(24(34)35)16(12-39-23(19)30)13-40-25-29-28-21(14(2)3)31(25)26(36)37-4/h8,10,14,19,23H,5-7,9,11-13H2,1-4H3,(H,27,32)(H,34,35)/t19?,23-/m1/s1. The number of hydrogen-bond donors (Lipinski definition) is 2. The molecule has 0 aromatic carbocycles. The van der Waals surface area contributed by atoms with Gasteiger partial charge in [-0.1, -0.05) is 38.1 Å². The normalized spacial score (nSPS) is 20.4. The van der Waals surface area contributed by atoms with Crippen molar-refractivity contribution in [3.05, 3.63) is 40.6 Å². The van der Waals surface area contributed by atoms with Gasteiger partial charge in [-0.25, -0.2) is 14.2 Å². The third-order valence-corrected chi connectivity index (χ3v) is 8.85. The van der Waals surface area contributed by atoms with Gasteiger partial charge in [-0.2, -0.15) is 0 Å². The van der Waals surface area contributed by atoms with Crippen LogP contribution in [0.15, 0.2) is 39.9 Å². The van der Waals surface area contributed by atoms with Gasteiger partial charge < -0.3 is 19.9 Å². The number of carbonyl (C=O) groups excluding carboxylic acids is 3. The minimum atomic E-state index is -1.23. The van der Waals surface area contributed by atoms with Crippen molar-refractivity contribution in [2.24, 2.45) is 0 Å². The maximum atomic E-state index is 13.1. The largest absolute Gasteiger partial charge is 0.494 e. The second kappa shape index (κ2) is 12.9. The summed E-state index contributed by atoms with van der Waals surface area (Å²) in [5, 5.41) is 20.7. The zero-order valence-electron chi connectivity index (χ0n) is 22.8. The van der Waals surface area contributed by atoms with Gasteiger partial charge in [0.15, 0.2) is 0 Å². The zero-order chi connectivity index (χ0) is 29.0. The lowest BCUT2D eigenvalue weighted by atomic mass is 9.99. The number of carboxylic acids is 1. The third-order valence-electron chi connectivity index (χ3n) is 6.49. The highest BCUT2D eigenvalue weighted by Gasteiger charge is 2.54. The van der Waals surface area contributed by atoms with Gasteiger partial charge in [0.2, 0.25) is 11.1 Å². The number of nitrogens with one attached hydrogen (secondary N) is 1. The molecule has 2 aliphatic heterocycles. The highest BCUT2D eigenvalue weighted by atomic mass is 32.2. The number of carboxylic acid groups (broad SMARTS) is 1. The van der Waals surface area contributed by atoms with E-state index in [1.807, 2.05) is 32.9 Å². The monoisotopic (exact) mass is 591 g/mol. The minimum absolute atomic E-state index is 0.0890. The second-order valence-corrected chi connectivity index (χ2v) is 11.8. The second-order valence-electron chi connectivity index (χ2n) is 9.77. The van der Waals surface area contributed by atoms with Crippen molar-refractivity contribution in [2.45, 2.75) is 68.9 Å². The van der Waals surface area contributed by atoms with Gasteiger partial charge in [0.1, 0.15) is 28.7 Å². The number of hydrogen-bond acceptors (Lipinski definition) is 10. The fourth-order valence-electron chi connectivity index (χ4n) is 4.58. The van der Waals surface area contributed by atoms with E-state index in [0.29, 0.717) is 23.8 Å². The Kier molecular flexibility index (Phi) is 9.61. The van der Waals surface area contributed by atoms with Crippen LogP contribution >= 0.6 is 23.5 Å². The number of aromatic nitrogens is 3. The fraction of sp³-hybridized carbons (Fsp3) is 0.538. The van der Waals surface area contributed by atoms with E-state index in [1.54, 1.807) is 0 Å². The van der Waals surface area contributed by atoms with Crippen LogP contribution < -0.4 is 5.32 Å². The number of nitrogens with zero attached hydrogens (tertiary/aromatic N) is 4. The summed E-state index contributed by atoms with van der Waals surface area (Å²) in [6.07, 6.45) is 5.81. The number of β-lactam (4-membered cyclic amide) rings is 1. The van der Waals surface area contributed by atoms with Crippen LogP contribution in [0.1, 0.15) is 58.2 Å². The van der Waals surface area contributed by atoms with Crippen LogP contribution in [0.25, 0.3) is 0 Å². The van der Waals surface area contributed by atoms with E-state index in [9.17, 15) is 24.3 Å². The summed E-state index contributed by atoms with van der Waals surface area (Å²) in [4.78, 5) is 51.6. The van der Waals surface area contributed by atoms with Gasteiger partial charge in [-0.3, -0.25) is 14.5 Å². The maximum absolute atomic E-state index is 13.1. The molecule has 4 rings (SSSR count). The number of carbonyl (C=O) groups is 4. The molecule has 1 fully saturated rings. The lowest BCUT2D eigenvalue weighted by molar-refractivity contribution is -0.150. The van der Waals surface area contributed by atoms with E-state index < -0.39 is 29.4 Å². The first kappa shape index (κ1) is 29.7. The van der Waals surface area contributed by atoms with Gasteiger partial charge in [0.25, 0.3) is 5.91 Å². The summed E-state index contributed by atoms with van der Waals surface area (Å²) in [5.41, 5.74) is 1.34. The third kappa shape index (κ3) is 6.22. The van der Waals surface area contributed by atoms with Crippen LogP contribution in [-0.2, 0) is 23.9 Å². The van der Waals surface area contributed by atoms with Gasteiger partial charge in [0, 0.05) is 23.8 Å². The number of ether oxygens (including phenoxy) is 2. The molecule has 1 aromatic heterocycles. The smallest absolute Gasteiger partial charge is 0.421 e. The Morgan fingerprint density at radius 2 is 2.08 bits per heavy atom. The molecule has 2 amide bonds. The summed E-state index contributed by atoms with van der Waals surface area (Å²) in [6, 6.07) is -0.798. The number of amides is 2. The molecular formula is C26H33N5O7S2. The van der Waals surface area contributed by atoms with E-state index in [0.717, 1.165) is 42.4 Å². The van der Waals surface area contributed by atoms with E-state index in [2.05, 4.69) is 15.5 Å². The van der Waals surface area contributed by atoms with E-state index in [4.69, 9.17) is 9.47 Å². The van der Waals surface area contributed by atoms with Gasteiger partial charge in [0.05, 0.1) is 13.7 Å². The average molecular weight is 592 g/mol. The van der Waals surface area contributed by atoms with E-state index in [-0.39, 0.29) is 34.9 Å². The number of fused-ring (bicyclic) bond motifs is 1. The highest BCUT2D eigenvalue weighted by Crippen LogP contribution is 2.41. The number of aliphatic carboxylic acids is 1. The summed E-state index contributed by atoms with van der Waals surface area (Å²) in [5.74, 6) is -0.352. The molecule has 2 atom stereocenters. The van der Waals surface area contributed by atoms with Crippen molar-refractivity contribution in [1.82, 2.24) is 25.0 Å². The number of allylic oxidation sites excluding steroid dienone is 2. The Morgan fingerprint density at radius 1 is 1.30 bits per heavy atom. The summed E-state index contributed by atoms with van der Waals surface area (Å²) >= 11 is 2.54. The Bertz CT molecular complexity index is 1290. The van der Waals surface area contributed by atoms with Gasteiger partial charge in [-0.05, 0) is 37.0 Å². The van der Waals surface area contributed by atoms with Crippen molar-refractivity contribution in [3.8, 4) is 0 Å². The molecule has 1 aromatic rings. The first-order valence-electron chi connectivity index (χ1n) is 13.0. The lowest BCUT2D eigenvalue weighted by Gasteiger charge is -2.49. The van der Waals surface area contributed by atoms with E-state index >= 15 is 0 Å². The van der Waals surface area contributed by atoms with Gasteiger partial charge >= 0.3 is 12.1 Å². The molecule has 40 heavy (non-hydrogen) atoms. The van der Waals surface area contributed by atoms with Crippen LogP contribution in [0.5, 0.6) is 0 Å². The Morgan fingerprint density at radius 3 is 2.75 bits per heavy atom. The maximum Gasteiger partial charge on any atom is 0.421 e. The number of rotatable bonds is 11. The molecule has 0 bridgehead atoms. The average Bonchev–Trinajstić information content (AvgIpc) is 3.37. The molecule has 3 aliphatic rings. The van der Waals surface area contributed by atoms with Crippen molar-refractivity contribution in [3.63, 3.8) is 0 Å². The van der Waals surface area contributed by atoms with Crippen molar-refractivity contribution >= 4 is 47.4 Å². The molecule has 1 saturated heterocycles. The predicted octanol–water partition coefficient (Wildman–Crippen LogP) is 3.27. The molecule has 1 aliphatic carbocycles. The predicted molar refractivity (Wildman–Crippen MR) is 149 cm³/mol. The van der Waals surface area contributed by atoms with Crippen LogP contribution in [0.4, 0.5) is 4.79 Å². The quantitative estimate of drug-likeness (QED) is 0.288. The summed E-state index contributed by atoms with van der Waals surface area (Å²) in [6.45, 7) is 6.37. The summed E-state index contributed by atoms with van der Waals surface area (Å²) < 4.78 is 11.8. The topological polar surface area (TPSA) is 153 Å². The van der Waals surface area contributed by atoms with Crippen molar-refractivity contribution in [1.29, 1.82) is 0 Å². The molecule has 1 unspecified atom stereocenters. The molecule has 2 N–H and O–H groups in total. The highest BCUT2D eigenvalue weighted by molar-refractivity contribution is 8.01. The molecule has 12 nitrogen and oxygen atoms in total. The van der Waals surface area contributed by atoms with Crippen LogP contribution in [0.3, 0.4) is 0 Å². The zero-order valence-corrected chi connectivity index (χ0v) is 24.5. The minimum Gasteiger partial charge on any atom is -0.494 e. The molecule has 14 heteroatoms. The first-order chi connectivity index (χ1) is 19.2. The van der Waals surface area contributed by atoms with Crippen LogP contribution in [-0.4, -0.2) is 85.3 Å². The van der Waals surface area contributed by atoms with Gasteiger partial charge in [-0.15, -0.1) is 22.0 Å². The Labute approximate surface area is 240 Å². The van der Waals surface area contributed by atoms with Crippen LogP contribution in [0.2, 0.25) is 0 Å². The molecule has 0 spiro atoms. The lowest BCUT2D eigenvalue weighted by Crippen LogP contribution is -2.70. The Hall–Kier alpha value is -3.26. The fourth-order valence-corrected chi connectivity index (χ4v) is 6.99. The van der Waals surface area contributed by atoms with Crippen LogP contribution in [0, 0.1) is 0 Å². The van der Waals surface area contributed by atoms with E-state index in [1.165, 1.54) is 28.3 Å². The number of methoxy groups -OCH3 is 1. The SMILES string of the molecule is CCCOC1=CCCC(CC(=O)NC2C(=O)N3C(C(=O)O)=C(CSc4nnc(C(C)C)n4C(=O)OC)CS[C@H]23)=C1. The summed E-state index contributed by atoms with van der Waals surface area (Å²) in [7, 11) is 1.26.